The van der Waals surface area contributed by atoms with Crippen LogP contribution in [-0.2, 0) is 4.79 Å². The number of nitrogens with zero attached hydrogens (tertiary/aromatic N) is 3. The molecule has 1 atom stereocenters. The quantitative estimate of drug-likeness (QED) is 0.806. The first-order valence-corrected chi connectivity index (χ1v) is 7.54. The Morgan fingerprint density at radius 3 is 2.95 bits per heavy atom. The van der Waals surface area contributed by atoms with E-state index in [0.717, 1.165) is 50.0 Å². The number of piperidine rings is 1. The Kier molecular flexibility index (Phi) is 2.71. The highest BCUT2D eigenvalue weighted by Gasteiger charge is 2.48. The summed E-state index contributed by atoms with van der Waals surface area (Å²) >= 11 is 0. The summed E-state index contributed by atoms with van der Waals surface area (Å²) in [5, 5.41) is 0. The average molecular weight is 285 g/mol. The molecule has 2 fully saturated rings. The molecule has 4 rings (SSSR count). The van der Waals surface area contributed by atoms with Gasteiger partial charge in [-0.2, -0.15) is 4.98 Å². The SMILES string of the molecule is CN1CCCC2(CCN(c3nc4ccccc4o3)C2)C1=O. The van der Waals surface area contributed by atoms with Gasteiger partial charge in [-0.15, -0.1) is 0 Å². The van der Waals surface area contributed by atoms with Crippen LogP contribution in [0.15, 0.2) is 28.7 Å². The van der Waals surface area contributed by atoms with Crippen molar-refractivity contribution in [3.8, 4) is 0 Å². The maximum Gasteiger partial charge on any atom is 0.298 e. The van der Waals surface area contributed by atoms with Crippen LogP contribution < -0.4 is 4.90 Å². The molecule has 0 bridgehead atoms. The fraction of sp³-hybridized carbons (Fsp3) is 0.500. The molecule has 0 saturated carbocycles. The lowest BCUT2D eigenvalue weighted by molar-refractivity contribution is -0.143. The molecule has 2 aliphatic rings. The second kappa shape index (κ2) is 4.48. The summed E-state index contributed by atoms with van der Waals surface area (Å²) in [4.78, 5) is 21.1. The molecular formula is C16H19N3O2. The smallest absolute Gasteiger partial charge is 0.298 e. The number of fused-ring (bicyclic) bond motifs is 1. The molecule has 5 nitrogen and oxygen atoms in total. The fourth-order valence-electron chi connectivity index (χ4n) is 3.68. The zero-order valence-corrected chi connectivity index (χ0v) is 12.2. The lowest BCUT2D eigenvalue weighted by Crippen LogP contribution is -2.48. The summed E-state index contributed by atoms with van der Waals surface area (Å²) in [7, 11) is 1.91. The first kappa shape index (κ1) is 12.7. The summed E-state index contributed by atoms with van der Waals surface area (Å²) in [6.07, 6.45) is 2.96. The van der Waals surface area contributed by atoms with Crippen LogP contribution in [0.25, 0.3) is 11.1 Å². The summed E-state index contributed by atoms with van der Waals surface area (Å²) in [5.41, 5.74) is 1.45. The number of aromatic nitrogens is 1. The summed E-state index contributed by atoms with van der Waals surface area (Å²) < 4.78 is 5.84. The van der Waals surface area contributed by atoms with Gasteiger partial charge in [0.25, 0.3) is 6.01 Å². The lowest BCUT2D eigenvalue weighted by atomic mass is 9.78. The van der Waals surface area contributed by atoms with Gasteiger partial charge in [0.1, 0.15) is 5.52 Å². The Morgan fingerprint density at radius 2 is 2.10 bits per heavy atom. The number of oxazole rings is 1. The van der Waals surface area contributed by atoms with Crippen molar-refractivity contribution < 1.29 is 9.21 Å². The van der Waals surface area contributed by atoms with Gasteiger partial charge in [0.15, 0.2) is 5.58 Å². The molecule has 2 saturated heterocycles. The highest BCUT2D eigenvalue weighted by Crippen LogP contribution is 2.41. The Labute approximate surface area is 123 Å². The predicted octanol–water partition coefficient (Wildman–Crippen LogP) is 2.28. The molecule has 21 heavy (non-hydrogen) atoms. The minimum Gasteiger partial charge on any atom is -0.423 e. The van der Waals surface area contributed by atoms with Crippen LogP contribution in [0.1, 0.15) is 19.3 Å². The number of rotatable bonds is 1. The molecule has 1 aromatic heterocycles. The summed E-state index contributed by atoms with van der Waals surface area (Å²) in [5.74, 6) is 0.285. The van der Waals surface area contributed by atoms with E-state index in [-0.39, 0.29) is 11.3 Å². The van der Waals surface area contributed by atoms with E-state index < -0.39 is 0 Å². The van der Waals surface area contributed by atoms with Gasteiger partial charge >= 0.3 is 0 Å². The molecule has 0 aliphatic carbocycles. The van der Waals surface area contributed by atoms with E-state index in [4.69, 9.17) is 4.42 Å². The van der Waals surface area contributed by atoms with Gasteiger partial charge < -0.3 is 14.2 Å². The van der Waals surface area contributed by atoms with Crippen LogP contribution in [0.4, 0.5) is 6.01 Å². The largest absolute Gasteiger partial charge is 0.423 e. The topological polar surface area (TPSA) is 49.6 Å². The third kappa shape index (κ3) is 1.91. The van der Waals surface area contributed by atoms with Crippen LogP contribution in [0, 0.1) is 5.41 Å². The van der Waals surface area contributed by atoms with Gasteiger partial charge in [-0.3, -0.25) is 4.79 Å². The first-order valence-electron chi connectivity index (χ1n) is 7.54. The minimum atomic E-state index is -0.229. The normalized spacial score (nSPS) is 26.2. The molecule has 1 unspecified atom stereocenters. The van der Waals surface area contributed by atoms with Gasteiger partial charge in [-0.25, -0.2) is 0 Å². The number of benzene rings is 1. The van der Waals surface area contributed by atoms with Crippen molar-refractivity contribution >= 4 is 23.0 Å². The van der Waals surface area contributed by atoms with Gasteiger partial charge in [0.2, 0.25) is 5.91 Å². The minimum absolute atomic E-state index is 0.229. The molecule has 110 valence electrons. The molecule has 0 N–H and O–H groups in total. The van der Waals surface area contributed by atoms with Crippen LogP contribution in [-0.4, -0.2) is 42.5 Å². The van der Waals surface area contributed by atoms with Gasteiger partial charge in [0.05, 0.1) is 5.41 Å². The number of anilines is 1. The highest BCUT2D eigenvalue weighted by atomic mass is 16.4. The second-order valence-corrected chi connectivity index (χ2v) is 6.25. The zero-order valence-electron chi connectivity index (χ0n) is 12.2. The number of carbonyl (C=O) groups excluding carboxylic acids is 1. The Morgan fingerprint density at radius 1 is 1.24 bits per heavy atom. The molecule has 5 heteroatoms. The van der Waals surface area contributed by atoms with E-state index >= 15 is 0 Å². The van der Waals surface area contributed by atoms with E-state index in [1.807, 2.05) is 36.2 Å². The molecular weight excluding hydrogens is 266 g/mol. The van der Waals surface area contributed by atoms with Crippen molar-refractivity contribution in [3.05, 3.63) is 24.3 Å². The highest BCUT2D eigenvalue weighted by molar-refractivity contribution is 5.85. The van der Waals surface area contributed by atoms with E-state index in [0.29, 0.717) is 6.01 Å². The van der Waals surface area contributed by atoms with E-state index in [1.54, 1.807) is 0 Å². The van der Waals surface area contributed by atoms with Crippen molar-refractivity contribution in [2.24, 2.45) is 5.41 Å². The number of carbonyl (C=O) groups is 1. The standard InChI is InChI=1S/C16H19N3O2/c1-18-9-4-7-16(14(18)20)8-10-19(11-16)15-17-12-5-2-3-6-13(12)21-15/h2-3,5-6H,4,7-11H2,1H3. The first-order chi connectivity index (χ1) is 10.2. The van der Waals surface area contributed by atoms with Crippen LogP contribution in [0.5, 0.6) is 0 Å². The molecule has 3 heterocycles. The number of para-hydroxylation sites is 2. The van der Waals surface area contributed by atoms with Crippen molar-refractivity contribution in [3.63, 3.8) is 0 Å². The van der Waals surface area contributed by atoms with Crippen molar-refractivity contribution in [1.82, 2.24) is 9.88 Å². The van der Waals surface area contributed by atoms with Crippen molar-refractivity contribution in [1.29, 1.82) is 0 Å². The number of amides is 1. The molecule has 2 aromatic rings. The maximum atomic E-state index is 12.5. The Bertz CT molecular complexity index is 663. The average Bonchev–Trinajstić information content (AvgIpc) is 3.09. The number of likely N-dealkylation sites (tertiary alicyclic amines) is 1. The maximum absolute atomic E-state index is 12.5. The zero-order chi connectivity index (χ0) is 14.4. The van der Waals surface area contributed by atoms with Crippen LogP contribution in [0.2, 0.25) is 0 Å². The van der Waals surface area contributed by atoms with Gasteiger partial charge in [0, 0.05) is 26.7 Å². The molecule has 1 amide bonds. The van der Waals surface area contributed by atoms with E-state index in [1.165, 1.54) is 0 Å². The van der Waals surface area contributed by atoms with Crippen LogP contribution >= 0.6 is 0 Å². The van der Waals surface area contributed by atoms with E-state index in [9.17, 15) is 4.79 Å². The molecule has 0 radical (unpaired) electrons. The van der Waals surface area contributed by atoms with E-state index in [2.05, 4.69) is 9.88 Å². The summed E-state index contributed by atoms with van der Waals surface area (Å²) in [6, 6.07) is 8.43. The summed E-state index contributed by atoms with van der Waals surface area (Å²) in [6.45, 7) is 2.44. The van der Waals surface area contributed by atoms with Crippen molar-refractivity contribution in [2.45, 2.75) is 19.3 Å². The monoisotopic (exact) mass is 285 g/mol. The molecule has 2 aliphatic heterocycles. The predicted molar refractivity (Wildman–Crippen MR) is 80.1 cm³/mol. The number of hydrogen-bond acceptors (Lipinski definition) is 4. The third-order valence-corrected chi connectivity index (χ3v) is 4.86. The Balaban J connectivity index is 1.62. The van der Waals surface area contributed by atoms with Gasteiger partial charge in [-0.1, -0.05) is 12.1 Å². The third-order valence-electron chi connectivity index (χ3n) is 4.86. The number of hydrogen-bond donors (Lipinski definition) is 0. The fourth-order valence-corrected chi connectivity index (χ4v) is 3.68. The van der Waals surface area contributed by atoms with Gasteiger partial charge in [-0.05, 0) is 31.4 Å². The molecule has 1 aromatic carbocycles. The van der Waals surface area contributed by atoms with Crippen LogP contribution in [0.3, 0.4) is 0 Å². The second-order valence-electron chi connectivity index (χ2n) is 6.25. The Hall–Kier alpha value is -2.04. The molecule has 1 spiro atoms. The lowest BCUT2D eigenvalue weighted by Gasteiger charge is -2.37. The van der Waals surface area contributed by atoms with Crippen molar-refractivity contribution in [2.75, 3.05) is 31.6 Å².